The molecule has 1 amide bonds. The summed E-state index contributed by atoms with van der Waals surface area (Å²) >= 11 is 0. The van der Waals surface area contributed by atoms with E-state index in [9.17, 15) is 4.79 Å². The zero-order valence-corrected chi connectivity index (χ0v) is 7.60. The third kappa shape index (κ3) is 2.78. The van der Waals surface area contributed by atoms with Crippen LogP contribution in [0.1, 0.15) is 15.9 Å². The molecule has 14 heavy (non-hydrogen) atoms. The van der Waals surface area contributed by atoms with E-state index >= 15 is 0 Å². The summed E-state index contributed by atoms with van der Waals surface area (Å²) in [6, 6.07) is 6.79. The van der Waals surface area contributed by atoms with Crippen LogP contribution in [-0.2, 0) is 6.54 Å². The normalized spacial score (nSPS) is 9.43. The van der Waals surface area contributed by atoms with Crippen molar-refractivity contribution in [3.05, 3.63) is 35.4 Å². The van der Waals surface area contributed by atoms with Crippen LogP contribution in [0.15, 0.2) is 29.3 Å². The summed E-state index contributed by atoms with van der Waals surface area (Å²) in [5.74, 6) is -0.401. The van der Waals surface area contributed by atoms with Crippen LogP contribution in [0.25, 0.3) is 0 Å². The van der Waals surface area contributed by atoms with E-state index in [-0.39, 0.29) is 5.96 Å². The minimum absolute atomic E-state index is 0.0453. The maximum absolute atomic E-state index is 10.7. The first kappa shape index (κ1) is 10.0. The quantitative estimate of drug-likeness (QED) is 0.446. The molecule has 74 valence electrons. The van der Waals surface area contributed by atoms with Gasteiger partial charge >= 0.3 is 0 Å². The number of nitrogens with zero attached hydrogens (tertiary/aromatic N) is 1. The summed E-state index contributed by atoms with van der Waals surface area (Å²) in [5, 5.41) is 0. The Morgan fingerprint density at radius 1 is 1.14 bits per heavy atom. The summed E-state index contributed by atoms with van der Waals surface area (Å²) in [6.07, 6.45) is 0. The Labute approximate surface area is 81.6 Å². The Morgan fingerprint density at radius 3 is 2.14 bits per heavy atom. The minimum atomic E-state index is -0.446. The number of carbonyl (C=O) groups is 1. The summed E-state index contributed by atoms with van der Waals surface area (Å²) in [7, 11) is 0. The molecule has 1 rings (SSSR count). The second kappa shape index (κ2) is 4.27. The minimum Gasteiger partial charge on any atom is -0.370 e. The van der Waals surface area contributed by atoms with Crippen LogP contribution in [0, 0.1) is 0 Å². The van der Waals surface area contributed by atoms with Gasteiger partial charge in [-0.05, 0) is 17.7 Å². The number of benzene rings is 1. The highest BCUT2D eigenvalue weighted by atomic mass is 16.1. The van der Waals surface area contributed by atoms with E-state index in [1.165, 1.54) is 0 Å². The highest BCUT2D eigenvalue weighted by Gasteiger charge is 1.98. The first-order valence-corrected chi connectivity index (χ1v) is 4.03. The zero-order valence-electron chi connectivity index (χ0n) is 7.60. The second-order valence-electron chi connectivity index (χ2n) is 2.80. The van der Waals surface area contributed by atoms with Crippen LogP contribution in [0.2, 0.25) is 0 Å². The number of hydrogen-bond acceptors (Lipinski definition) is 2. The van der Waals surface area contributed by atoms with Gasteiger partial charge in [0.15, 0.2) is 5.96 Å². The number of carbonyl (C=O) groups excluding carboxylic acids is 1. The monoisotopic (exact) mass is 192 g/mol. The van der Waals surface area contributed by atoms with Gasteiger partial charge in [0.1, 0.15) is 0 Å². The topological polar surface area (TPSA) is 107 Å². The summed E-state index contributed by atoms with van der Waals surface area (Å²) in [5.41, 5.74) is 16.8. The fourth-order valence-electron chi connectivity index (χ4n) is 0.957. The maximum Gasteiger partial charge on any atom is 0.248 e. The fourth-order valence-corrected chi connectivity index (χ4v) is 0.957. The highest BCUT2D eigenvalue weighted by molar-refractivity contribution is 5.92. The third-order valence-corrected chi connectivity index (χ3v) is 1.68. The molecule has 0 aliphatic carbocycles. The number of amides is 1. The highest BCUT2D eigenvalue weighted by Crippen LogP contribution is 2.04. The third-order valence-electron chi connectivity index (χ3n) is 1.68. The van der Waals surface area contributed by atoms with Crippen molar-refractivity contribution in [3.63, 3.8) is 0 Å². The van der Waals surface area contributed by atoms with Gasteiger partial charge in [-0.15, -0.1) is 0 Å². The van der Waals surface area contributed by atoms with Gasteiger partial charge in [0, 0.05) is 5.56 Å². The van der Waals surface area contributed by atoms with E-state index in [0.29, 0.717) is 12.1 Å². The molecule has 0 atom stereocenters. The Hall–Kier alpha value is -2.04. The van der Waals surface area contributed by atoms with Crippen molar-refractivity contribution < 1.29 is 4.79 Å². The zero-order chi connectivity index (χ0) is 10.6. The number of guanidine groups is 1. The number of hydrogen-bond donors (Lipinski definition) is 3. The molecule has 0 bridgehead atoms. The molecule has 6 N–H and O–H groups in total. The molecule has 1 aromatic carbocycles. The van der Waals surface area contributed by atoms with Crippen molar-refractivity contribution in [2.24, 2.45) is 22.2 Å². The van der Waals surface area contributed by atoms with Crippen molar-refractivity contribution >= 4 is 11.9 Å². The van der Waals surface area contributed by atoms with Gasteiger partial charge < -0.3 is 17.2 Å². The van der Waals surface area contributed by atoms with Crippen LogP contribution in [0.5, 0.6) is 0 Å². The molecule has 0 aliphatic rings. The van der Waals surface area contributed by atoms with E-state index in [4.69, 9.17) is 17.2 Å². The van der Waals surface area contributed by atoms with Gasteiger partial charge in [-0.25, -0.2) is 4.99 Å². The van der Waals surface area contributed by atoms with Gasteiger partial charge in [-0.1, -0.05) is 12.1 Å². The van der Waals surface area contributed by atoms with Gasteiger partial charge in [-0.2, -0.15) is 0 Å². The molecular formula is C9H12N4O. The van der Waals surface area contributed by atoms with Crippen LogP contribution in [0.3, 0.4) is 0 Å². The predicted molar refractivity (Wildman–Crippen MR) is 54.5 cm³/mol. The van der Waals surface area contributed by atoms with E-state index in [0.717, 1.165) is 5.56 Å². The Balaban J connectivity index is 2.74. The lowest BCUT2D eigenvalue weighted by Crippen LogP contribution is -2.22. The number of aliphatic imine (C=N–C) groups is 1. The summed E-state index contributed by atoms with van der Waals surface area (Å²) < 4.78 is 0. The first-order chi connectivity index (χ1) is 6.59. The first-order valence-electron chi connectivity index (χ1n) is 4.03. The standard InChI is InChI=1S/C9H12N4O/c10-8(14)7-3-1-6(2-4-7)5-13-9(11)12/h1-4H,5H2,(H2,10,14)(H4,11,12,13). The Kier molecular flexibility index (Phi) is 3.06. The molecule has 5 heteroatoms. The molecule has 0 heterocycles. The lowest BCUT2D eigenvalue weighted by Gasteiger charge is -1.98. The molecule has 0 aliphatic heterocycles. The van der Waals surface area contributed by atoms with Crippen molar-refractivity contribution in [2.75, 3.05) is 0 Å². The van der Waals surface area contributed by atoms with Crippen LogP contribution in [-0.4, -0.2) is 11.9 Å². The Bertz CT molecular complexity index is 352. The van der Waals surface area contributed by atoms with E-state index in [1.54, 1.807) is 24.3 Å². The summed E-state index contributed by atoms with van der Waals surface area (Å²) in [6.45, 7) is 0.404. The predicted octanol–water partition coefficient (Wildman–Crippen LogP) is -0.441. The molecule has 5 nitrogen and oxygen atoms in total. The van der Waals surface area contributed by atoms with E-state index < -0.39 is 5.91 Å². The molecule has 0 aromatic heterocycles. The van der Waals surface area contributed by atoms with Gasteiger partial charge in [0.25, 0.3) is 0 Å². The SMILES string of the molecule is NC(=O)c1ccc(CN=C(N)N)cc1. The van der Waals surface area contributed by atoms with Crippen LogP contribution < -0.4 is 17.2 Å². The van der Waals surface area contributed by atoms with Crippen LogP contribution in [0.4, 0.5) is 0 Å². The van der Waals surface area contributed by atoms with Crippen LogP contribution >= 0.6 is 0 Å². The van der Waals surface area contributed by atoms with Crippen molar-refractivity contribution in [1.29, 1.82) is 0 Å². The van der Waals surface area contributed by atoms with E-state index in [1.807, 2.05) is 0 Å². The van der Waals surface area contributed by atoms with Gasteiger partial charge in [-0.3, -0.25) is 4.79 Å². The largest absolute Gasteiger partial charge is 0.370 e. The Morgan fingerprint density at radius 2 is 1.71 bits per heavy atom. The smallest absolute Gasteiger partial charge is 0.248 e. The average molecular weight is 192 g/mol. The number of rotatable bonds is 3. The molecule has 0 spiro atoms. The number of nitrogens with two attached hydrogens (primary N) is 3. The molecule has 0 saturated heterocycles. The second-order valence-corrected chi connectivity index (χ2v) is 2.80. The van der Waals surface area contributed by atoms with Crippen molar-refractivity contribution in [2.45, 2.75) is 6.54 Å². The molecule has 1 aromatic rings. The van der Waals surface area contributed by atoms with Gasteiger partial charge in [0.05, 0.1) is 6.54 Å². The average Bonchev–Trinajstić information content (AvgIpc) is 2.15. The lowest BCUT2D eigenvalue weighted by atomic mass is 10.1. The van der Waals surface area contributed by atoms with Crippen molar-refractivity contribution in [1.82, 2.24) is 0 Å². The fraction of sp³-hybridized carbons (Fsp3) is 0.111. The molecule has 0 saturated carbocycles. The number of primary amides is 1. The maximum atomic E-state index is 10.7. The van der Waals surface area contributed by atoms with E-state index in [2.05, 4.69) is 4.99 Å². The molecule has 0 radical (unpaired) electrons. The lowest BCUT2D eigenvalue weighted by molar-refractivity contribution is 0.100. The summed E-state index contributed by atoms with van der Waals surface area (Å²) in [4.78, 5) is 14.6. The molecule has 0 fully saturated rings. The van der Waals surface area contributed by atoms with Gasteiger partial charge in [0.2, 0.25) is 5.91 Å². The molecule has 0 unspecified atom stereocenters. The molecular weight excluding hydrogens is 180 g/mol. The van der Waals surface area contributed by atoms with Crippen molar-refractivity contribution in [3.8, 4) is 0 Å².